The second-order valence-electron chi connectivity index (χ2n) is 7.04. The average molecular weight is 384 g/mol. The highest BCUT2D eigenvalue weighted by molar-refractivity contribution is 7.97. The molecular formula is C22H25NO3S. The molecular weight excluding hydrogens is 358 g/mol. The highest BCUT2D eigenvalue weighted by Gasteiger charge is 2.31. The number of nitrogens with zero attached hydrogens (tertiary/aromatic N) is 1. The molecule has 2 aliphatic heterocycles. The number of ether oxygens (including phenoxy) is 2. The van der Waals surface area contributed by atoms with E-state index in [1.807, 2.05) is 23.1 Å². The lowest BCUT2D eigenvalue weighted by atomic mass is 10.0. The smallest absolute Gasteiger partial charge is 0.254 e. The Morgan fingerprint density at radius 2 is 1.85 bits per heavy atom. The topological polar surface area (TPSA) is 38.8 Å². The van der Waals surface area contributed by atoms with Gasteiger partial charge in [-0.05, 0) is 54.5 Å². The molecule has 142 valence electrons. The molecule has 2 heterocycles. The van der Waals surface area contributed by atoms with E-state index in [2.05, 4.69) is 30.5 Å². The number of benzene rings is 2. The van der Waals surface area contributed by atoms with Crippen molar-refractivity contribution in [1.29, 1.82) is 0 Å². The first-order valence-electron chi connectivity index (χ1n) is 9.54. The van der Waals surface area contributed by atoms with Gasteiger partial charge in [0.1, 0.15) is 0 Å². The summed E-state index contributed by atoms with van der Waals surface area (Å²) in [5.74, 6) is 2.68. The van der Waals surface area contributed by atoms with Gasteiger partial charge in [0.15, 0.2) is 11.5 Å². The number of hydrogen-bond donors (Lipinski definition) is 0. The molecule has 1 fully saturated rings. The molecule has 0 N–H and O–H groups in total. The zero-order chi connectivity index (χ0) is 18.6. The zero-order valence-electron chi connectivity index (χ0n) is 15.6. The Hall–Kier alpha value is -2.14. The van der Waals surface area contributed by atoms with E-state index in [-0.39, 0.29) is 11.9 Å². The van der Waals surface area contributed by atoms with Crippen molar-refractivity contribution in [3.8, 4) is 11.5 Å². The number of carbonyl (C=O) groups excluding carboxylic acids is 1. The number of rotatable bonds is 4. The maximum absolute atomic E-state index is 13.1. The van der Waals surface area contributed by atoms with E-state index in [4.69, 9.17) is 9.47 Å². The maximum Gasteiger partial charge on any atom is 0.254 e. The summed E-state index contributed by atoms with van der Waals surface area (Å²) in [6.07, 6.45) is 4.99. The predicted octanol–water partition coefficient (Wildman–Crippen LogP) is 4.69. The molecule has 2 aromatic carbocycles. The van der Waals surface area contributed by atoms with Crippen LogP contribution in [0.15, 0.2) is 42.5 Å². The highest BCUT2D eigenvalue weighted by atomic mass is 32.2. The number of thioether (sulfide) groups is 1. The lowest BCUT2D eigenvalue weighted by Crippen LogP contribution is -2.30. The summed E-state index contributed by atoms with van der Waals surface area (Å²) in [6.45, 7) is 2.16. The summed E-state index contributed by atoms with van der Waals surface area (Å²) in [4.78, 5) is 15.1. The van der Waals surface area contributed by atoms with Gasteiger partial charge in [-0.1, -0.05) is 18.2 Å². The van der Waals surface area contributed by atoms with E-state index in [0.29, 0.717) is 13.2 Å². The van der Waals surface area contributed by atoms with Gasteiger partial charge in [-0.15, -0.1) is 0 Å². The molecule has 0 unspecified atom stereocenters. The minimum atomic E-state index is 0.0977. The minimum Gasteiger partial charge on any atom is -0.490 e. The summed E-state index contributed by atoms with van der Waals surface area (Å²) in [7, 11) is 0. The molecule has 4 rings (SSSR count). The second kappa shape index (κ2) is 8.26. The fourth-order valence-corrected chi connectivity index (χ4v) is 4.35. The number of fused-ring (bicyclic) bond motifs is 1. The molecule has 0 radical (unpaired) electrons. The molecule has 0 saturated carbocycles. The molecule has 5 heteroatoms. The number of amides is 1. The van der Waals surface area contributed by atoms with Gasteiger partial charge in [0, 0.05) is 24.3 Å². The largest absolute Gasteiger partial charge is 0.490 e. The molecule has 27 heavy (non-hydrogen) atoms. The van der Waals surface area contributed by atoms with Gasteiger partial charge in [0.25, 0.3) is 5.91 Å². The van der Waals surface area contributed by atoms with Crippen LogP contribution in [0.1, 0.15) is 46.8 Å². The SMILES string of the molecule is CSCc1ccc(C(=O)N2CCC[C@H]2c2ccc3c(c2)OCCCO3)cc1. The third-order valence-electron chi connectivity index (χ3n) is 5.18. The van der Waals surface area contributed by atoms with Crippen molar-refractivity contribution in [3.63, 3.8) is 0 Å². The molecule has 0 aliphatic carbocycles. The van der Waals surface area contributed by atoms with Crippen molar-refractivity contribution in [2.75, 3.05) is 26.0 Å². The highest BCUT2D eigenvalue weighted by Crippen LogP contribution is 2.38. The molecule has 1 saturated heterocycles. The summed E-state index contributed by atoms with van der Waals surface area (Å²) in [5.41, 5.74) is 3.14. The number of likely N-dealkylation sites (tertiary alicyclic amines) is 1. The van der Waals surface area contributed by atoms with Gasteiger partial charge in [0.05, 0.1) is 19.3 Å². The fourth-order valence-electron chi connectivity index (χ4n) is 3.82. The fraction of sp³-hybridized carbons (Fsp3) is 0.409. The predicted molar refractivity (Wildman–Crippen MR) is 109 cm³/mol. The normalized spacial score (nSPS) is 19.0. The van der Waals surface area contributed by atoms with Crippen LogP contribution in [-0.4, -0.2) is 36.8 Å². The van der Waals surface area contributed by atoms with Gasteiger partial charge in [0.2, 0.25) is 0 Å². The van der Waals surface area contributed by atoms with Crippen molar-refractivity contribution in [3.05, 3.63) is 59.2 Å². The molecule has 1 atom stereocenters. The van der Waals surface area contributed by atoms with Crippen LogP contribution in [-0.2, 0) is 5.75 Å². The van der Waals surface area contributed by atoms with Crippen molar-refractivity contribution in [1.82, 2.24) is 4.90 Å². The maximum atomic E-state index is 13.1. The van der Waals surface area contributed by atoms with Crippen LogP contribution in [0.4, 0.5) is 0 Å². The quantitative estimate of drug-likeness (QED) is 0.768. The third-order valence-corrected chi connectivity index (χ3v) is 5.80. The van der Waals surface area contributed by atoms with Crippen LogP contribution in [0, 0.1) is 0 Å². The van der Waals surface area contributed by atoms with Crippen molar-refractivity contribution in [2.24, 2.45) is 0 Å². The summed E-state index contributed by atoms with van der Waals surface area (Å²) in [6, 6.07) is 14.2. The van der Waals surface area contributed by atoms with Gasteiger partial charge in [-0.25, -0.2) is 0 Å². The van der Waals surface area contributed by atoms with Gasteiger partial charge in [-0.2, -0.15) is 11.8 Å². The Morgan fingerprint density at radius 3 is 2.63 bits per heavy atom. The minimum absolute atomic E-state index is 0.0977. The average Bonchev–Trinajstić information content (AvgIpc) is 3.07. The van der Waals surface area contributed by atoms with Gasteiger partial charge >= 0.3 is 0 Å². The molecule has 0 aromatic heterocycles. The molecule has 0 spiro atoms. The van der Waals surface area contributed by atoms with Crippen molar-refractivity contribution >= 4 is 17.7 Å². The number of hydrogen-bond acceptors (Lipinski definition) is 4. The summed E-state index contributed by atoms with van der Waals surface area (Å²) >= 11 is 1.79. The van der Waals surface area contributed by atoms with Crippen LogP contribution < -0.4 is 9.47 Å². The monoisotopic (exact) mass is 383 g/mol. The van der Waals surface area contributed by atoms with Gasteiger partial charge in [-0.3, -0.25) is 4.79 Å². The standard InChI is InChI=1S/C22H25NO3S/c1-27-15-16-5-7-17(8-6-16)22(24)23-11-2-4-19(23)18-9-10-20-21(14-18)26-13-3-12-25-20/h5-10,14,19H,2-4,11-13,15H2,1H3/t19-/m0/s1. The Balaban J connectivity index is 1.55. The van der Waals surface area contributed by atoms with E-state index in [1.54, 1.807) is 11.8 Å². The third kappa shape index (κ3) is 3.93. The molecule has 0 bridgehead atoms. The molecule has 1 amide bonds. The Kier molecular flexibility index (Phi) is 5.58. The van der Waals surface area contributed by atoms with E-state index in [9.17, 15) is 4.79 Å². The van der Waals surface area contributed by atoms with Crippen LogP contribution in [0.3, 0.4) is 0 Å². The van der Waals surface area contributed by atoms with Crippen LogP contribution in [0.25, 0.3) is 0 Å². The Bertz CT molecular complexity index is 806. The first kappa shape index (κ1) is 18.2. The van der Waals surface area contributed by atoms with Gasteiger partial charge < -0.3 is 14.4 Å². The lowest BCUT2D eigenvalue weighted by Gasteiger charge is -2.26. The lowest BCUT2D eigenvalue weighted by molar-refractivity contribution is 0.0735. The van der Waals surface area contributed by atoms with Crippen LogP contribution in [0.2, 0.25) is 0 Å². The van der Waals surface area contributed by atoms with Crippen molar-refractivity contribution in [2.45, 2.75) is 31.1 Å². The molecule has 2 aliphatic rings. The van der Waals surface area contributed by atoms with Crippen LogP contribution in [0.5, 0.6) is 11.5 Å². The second-order valence-corrected chi connectivity index (χ2v) is 7.91. The first-order chi connectivity index (χ1) is 13.3. The van der Waals surface area contributed by atoms with Crippen LogP contribution >= 0.6 is 11.8 Å². The van der Waals surface area contributed by atoms with E-state index >= 15 is 0 Å². The Labute approximate surface area is 164 Å². The number of carbonyl (C=O) groups is 1. The molecule has 4 nitrogen and oxygen atoms in total. The molecule has 2 aromatic rings. The van der Waals surface area contributed by atoms with Crippen molar-refractivity contribution < 1.29 is 14.3 Å². The summed E-state index contributed by atoms with van der Waals surface area (Å²) in [5, 5.41) is 0. The summed E-state index contributed by atoms with van der Waals surface area (Å²) < 4.78 is 11.6. The zero-order valence-corrected chi connectivity index (χ0v) is 16.5. The first-order valence-corrected chi connectivity index (χ1v) is 10.9. The Morgan fingerprint density at radius 1 is 1.07 bits per heavy atom. The van der Waals surface area contributed by atoms with E-state index in [1.165, 1.54) is 5.56 Å². The van der Waals surface area contributed by atoms with E-state index < -0.39 is 0 Å². The van der Waals surface area contributed by atoms with E-state index in [0.717, 1.165) is 54.2 Å².